The van der Waals surface area contributed by atoms with Gasteiger partial charge in [0.25, 0.3) is 11.8 Å². The molecule has 0 saturated carbocycles. The Morgan fingerprint density at radius 2 is 1.71 bits per heavy atom. The molecule has 1 fully saturated rings. The van der Waals surface area contributed by atoms with Gasteiger partial charge in [0.15, 0.2) is 0 Å². The van der Waals surface area contributed by atoms with E-state index in [9.17, 15) is 9.59 Å². The molecule has 2 aromatic rings. The van der Waals surface area contributed by atoms with E-state index in [1.54, 1.807) is 47.4 Å². The molecule has 6 heteroatoms. The zero-order chi connectivity index (χ0) is 16.9. The number of likely N-dealkylation sites (tertiary alicyclic amines) is 1. The number of nitrogens with zero attached hydrogens (tertiary/aromatic N) is 3. The highest BCUT2D eigenvalue weighted by Crippen LogP contribution is 2.13. The smallest absolute Gasteiger partial charge is 0.274 e. The molecule has 1 aliphatic heterocycles. The predicted octanol–water partition coefficient (Wildman–Crippen LogP) is 2.44. The minimum Gasteiger partial charge on any atom is -0.337 e. The highest BCUT2D eigenvalue weighted by atomic mass is 16.2. The van der Waals surface area contributed by atoms with Crippen molar-refractivity contribution >= 4 is 17.5 Å². The Bertz CT molecular complexity index is 803. The van der Waals surface area contributed by atoms with Crippen LogP contribution < -0.4 is 5.32 Å². The van der Waals surface area contributed by atoms with Crippen molar-refractivity contribution in [1.82, 2.24) is 9.88 Å². The Labute approximate surface area is 139 Å². The molecule has 0 spiro atoms. The molecule has 0 bridgehead atoms. The third-order valence-electron chi connectivity index (χ3n) is 3.87. The highest BCUT2D eigenvalue weighted by Gasteiger charge is 2.21. The number of rotatable bonds is 3. The van der Waals surface area contributed by atoms with Gasteiger partial charge in [-0.3, -0.25) is 9.59 Å². The van der Waals surface area contributed by atoms with Crippen molar-refractivity contribution in [2.75, 3.05) is 18.4 Å². The summed E-state index contributed by atoms with van der Waals surface area (Å²) < 4.78 is 0. The summed E-state index contributed by atoms with van der Waals surface area (Å²) in [6.07, 6.45) is 2.01. The van der Waals surface area contributed by atoms with Crippen molar-refractivity contribution < 1.29 is 9.59 Å². The minimum atomic E-state index is -0.393. The van der Waals surface area contributed by atoms with Crippen LogP contribution in [-0.2, 0) is 0 Å². The molecule has 1 N–H and O–H groups in total. The molecule has 1 aliphatic rings. The maximum atomic E-state index is 12.4. The van der Waals surface area contributed by atoms with E-state index in [2.05, 4.69) is 10.3 Å². The standard InChI is InChI=1S/C18H16N4O2/c19-12-13-6-8-14(9-7-13)20-17(23)15-4-3-5-16(21-15)18(24)22-10-1-2-11-22/h3-9H,1-2,10-11H2,(H,20,23). The maximum absolute atomic E-state index is 12.4. The lowest BCUT2D eigenvalue weighted by molar-refractivity contribution is 0.0787. The first kappa shape index (κ1) is 15.7. The van der Waals surface area contributed by atoms with Gasteiger partial charge in [0.2, 0.25) is 0 Å². The van der Waals surface area contributed by atoms with E-state index >= 15 is 0 Å². The Morgan fingerprint density at radius 3 is 2.38 bits per heavy atom. The Hall–Kier alpha value is -3.20. The van der Waals surface area contributed by atoms with Crippen LogP contribution in [0.2, 0.25) is 0 Å². The van der Waals surface area contributed by atoms with Gasteiger partial charge < -0.3 is 10.2 Å². The number of benzene rings is 1. The van der Waals surface area contributed by atoms with Crippen molar-refractivity contribution in [3.63, 3.8) is 0 Å². The van der Waals surface area contributed by atoms with Crippen molar-refractivity contribution in [3.8, 4) is 6.07 Å². The van der Waals surface area contributed by atoms with Gasteiger partial charge in [-0.2, -0.15) is 5.26 Å². The van der Waals surface area contributed by atoms with Crippen molar-refractivity contribution in [1.29, 1.82) is 5.26 Å². The van der Waals surface area contributed by atoms with Gasteiger partial charge in [-0.25, -0.2) is 4.98 Å². The van der Waals surface area contributed by atoms with Crippen molar-refractivity contribution in [2.45, 2.75) is 12.8 Å². The van der Waals surface area contributed by atoms with E-state index in [1.165, 1.54) is 0 Å². The molecule has 2 heterocycles. The van der Waals surface area contributed by atoms with Crippen LogP contribution in [0, 0.1) is 11.3 Å². The third-order valence-corrected chi connectivity index (χ3v) is 3.87. The second kappa shape index (κ2) is 6.92. The Kier molecular flexibility index (Phi) is 4.52. The van der Waals surface area contributed by atoms with E-state index < -0.39 is 5.91 Å². The van der Waals surface area contributed by atoms with Crippen molar-refractivity contribution in [3.05, 3.63) is 59.4 Å². The SMILES string of the molecule is N#Cc1ccc(NC(=O)c2cccc(C(=O)N3CCCC3)n2)cc1. The first-order valence-corrected chi connectivity index (χ1v) is 7.75. The summed E-state index contributed by atoms with van der Waals surface area (Å²) in [5.74, 6) is -0.531. The van der Waals surface area contributed by atoms with E-state index in [-0.39, 0.29) is 17.3 Å². The zero-order valence-corrected chi connectivity index (χ0v) is 13.0. The number of pyridine rings is 1. The Balaban J connectivity index is 1.73. The van der Waals surface area contributed by atoms with Crippen LogP contribution in [-0.4, -0.2) is 34.8 Å². The lowest BCUT2D eigenvalue weighted by Gasteiger charge is -2.14. The van der Waals surface area contributed by atoms with Crippen LogP contribution in [0.4, 0.5) is 5.69 Å². The number of anilines is 1. The van der Waals surface area contributed by atoms with E-state index in [4.69, 9.17) is 5.26 Å². The van der Waals surface area contributed by atoms with E-state index in [0.717, 1.165) is 25.9 Å². The lowest BCUT2D eigenvalue weighted by atomic mass is 10.2. The molecule has 2 amide bonds. The van der Waals surface area contributed by atoms with Gasteiger partial charge in [-0.15, -0.1) is 0 Å². The number of carbonyl (C=O) groups is 2. The van der Waals surface area contributed by atoms with Crippen LogP contribution in [0.25, 0.3) is 0 Å². The number of hydrogen-bond donors (Lipinski definition) is 1. The number of nitriles is 1. The first-order valence-electron chi connectivity index (χ1n) is 7.75. The molecule has 3 rings (SSSR count). The summed E-state index contributed by atoms with van der Waals surface area (Å²) in [5, 5.41) is 11.5. The summed E-state index contributed by atoms with van der Waals surface area (Å²) >= 11 is 0. The fraction of sp³-hybridized carbons (Fsp3) is 0.222. The van der Waals surface area contributed by atoms with Gasteiger partial charge in [-0.05, 0) is 49.2 Å². The topological polar surface area (TPSA) is 86.1 Å². The summed E-state index contributed by atoms with van der Waals surface area (Å²) in [7, 11) is 0. The molecule has 24 heavy (non-hydrogen) atoms. The van der Waals surface area contributed by atoms with Crippen LogP contribution >= 0.6 is 0 Å². The number of nitrogens with one attached hydrogen (secondary N) is 1. The molecule has 1 aromatic heterocycles. The molecule has 120 valence electrons. The van der Waals surface area contributed by atoms with E-state index in [1.807, 2.05) is 6.07 Å². The monoisotopic (exact) mass is 320 g/mol. The molecule has 0 unspecified atom stereocenters. The number of carbonyl (C=O) groups excluding carboxylic acids is 2. The summed E-state index contributed by atoms with van der Waals surface area (Å²) in [5.41, 5.74) is 1.55. The molecular formula is C18H16N4O2. The molecule has 0 atom stereocenters. The Morgan fingerprint density at radius 1 is 1.04 bits per heavy atom. The molecule has 1 aromatic carbocycles. The zero-order valence-electron chi connectivity index (χ0n) is 13.0. The van der Waals surface area contributed by atoms with Crippen LogP contribution in [0.15, 0.2) is 42.5 Å². The first-order chi connectivity index (χ1) is 11.7. The quantitative estimate of drug-likeness (QED) is 0.941. The summed E-state index contributed by atoms with van der Waals surface area (Å²) in [6.45, 7) is 1.48. The normalized spacial score (nSPS) is 13.4. The second-order valence-electron chi connectivity index (χ2n) is 5.55. The van der Waals surface area contributed by atoms with Gasteiger partial charge in [0.1, 0.15) is 11.4 Å². The largest absolute Gasteiger partial charge is 0.337 e. The van der Waals surface area contributed by atoms with Gasteiger partial charge in [0.05, 0.1) is 11.6 Å². The number of amides is 2. The fourth-order valence-corrected chi connectivity index (χ4v) is 2.59. The van der Waals surface area contributed by atoms with Gasteiger partial charge in [0, 0.05) is 18.8 Å². The van der Waals surface area contributed by atoms with Gasteiger partial charge in [-0.1, -0.05) is 6.07 Å². The van der Waals surface area contributed by atoms with E-state index in [0.29, 0.717) is 11.3 Å². The van der Waals surface area contributed by atoms with Crippen LogP contribution in [0.5, 0.6) is 0 Å². The number of hydrogen-bond acceptors (Lipinski definition) is 4. The molecule has 0 aliphatic carbocycles. The second-order valence-corrected chi connectivity index (χ2v) is 5.55. The van der Waals surface area contributed by atoms with Crippen molar-refractivity contribution in [2.24, 2.45) is 0 Å². The molecule has 0 radical (unpaired) electrons. The molecule has 6 nitrogen and oxygen atoms in total. The average Bonchev–Trinajstić information content (AvgIpc) is 3.16. The number of aromatic nitrogens is 1. The van der Waals surface area contributed by atoms with Gasteiger partial charge >= 0.3 is 0 Å². The van der Waals surface area contributed by atoms with Crippen LogP contribution in [0.1, 0.15) is 39.4 Å². The highest BCUT2D eigenvalue weighted by molar-refractivity contribution is 6.03. The summed E-state index contributed by atoms with van der Waals surface area (Å²) in [4.78, 5) is 30.6. The lowest BCUT2D eigenvalue weighted by Crippen LogP contribution is -2.29. The minimum absolute atomic E-state index is 0.138. The summed E-state index contributed by atoms with van der Waals surface area (Å²) in [6, 6.07) is 13.4. The molecular weight excluding hydrogens is 304 g/mol. The maximum Gasteiger partial charge on any atom is 0.274 e. The fourth-order valence-electron chi connectivity index (χ4n) is 2.59. The molecule has 1 saturated heterocycles. The third kappa shape index (κ3) is 3.41. The average molecular weight is 320 g/mol. The predicted molar refractivity (Wildman–Crippen MR) is 88.5 cm³/mol. The van der Waals surface area contributed by atoms with Crippen LogP contribution in [0.3, 0.4) is 0 Å².